The van der Waals surface area contributed by atoms with E-state index >= 15 is 0 Å². The summed E-state index contributed by atoms with van der Waals surface area (Å²) in [4.78, 5) is 0. The summed E-state index contributed by atoms with van der Waals surface area (Å²) in [5.74, 6) is 0. The maximum atomic E-state index is 2.22. The van der Waals surface area contributed by atoms with Crippen LogP contribution in [0.25, 0.3) is 43.8 Å². The molecule has 0 bridgehead atoms. The van der Waals surface area contributed by atoms with Crippen LogP contribution in [-0.2, 0) is 0 Å². The van der Waals surface area contributed by atoms with E-state index in [0.717, 1.165) is 0 Å². The van der Waals surface area contributed by atoms with Gasteiger partial charge in [0.25, 0.3) is 0 Å². The quantitative estimate of drug-likeness (QED) is 0.162. The van der Waals surface area contributed by atoms with Crippen molar-refractivity contribution < 1.29 is 0 Å². The minimum atomic E-state index is 1.29. The molecule has 0 saturated heterocycles. The van der Waals surface area contributed by atoms with E-state index in [1.54, 1.807) is 0 Å². The molecule has 11 aromatic rings. The van der Waals surface area contributed by atoms with Gasteiger partial charge in [-0.15, -0.1) is 0 Å². The van der Waals surface area contributed by atoms with Crippen LogP contribution in [0.2, 0.25) is 0 Å². The van der Waals surface area contributed by atoms with Crippen LogP contribution in [0.4, 0.5) is 0 Å². The third kappa shape index (κ3) is 20.3. The van der Waals surface area contributed by atoms with Crippen LogP contribution in [0.15, 0.2) is 243 Å². The van der Waals surface area contributed by atoms with Crippen LogP contribution >= 0.6 is 0 Å². The summed E-state index contributed by atoms with van der Waals surface area (Å²) in [6.45, 7) is 29.7. The zero-order valence-corrected chi connectivity index (χ0v) is 48.1. The maximum absolute atomic E-state index is 2.22. The van der Waals surface area contributed by atoms with Gasteiger partial charge in [0.1, 0.15) is 0 Å². The highest BCUT2D eigenvalue weighted by Gasteiger charge is 2.00. The summed E-state index contributed by atoms with van der Waals surface area (Å²) >= 11 is 0. The van der Waals surface area contributed by atoms with Crippen LogP contribution in [-0.4, -0.2) is 0 Å². The molecule has 0 heterocycles. The fourth-order valence-corrected chi connectivity index (χ4v) is 8.33. The predicted molar refractivity (Wildman–Crippen MR) is 337 cm³/mol. The molecule has 0 radical (unpaired) electrons. The Labute approximate surface area is 458 Å². The Kier molecular flexibility index (Phi) is 23.5. The number of benzene rings is 11. The van der Waals surface area contributed by atoms with E-state index in [-0.39, 0.29) is 0 Å². The van der Waals surface area contributed by atoms with Gasteiger partial charge in [-0.3, -0.25) is 0 Å². The SMILES string of the molecule is Cc1ccc(-c2ccc(C)cc2)cc1.Cc1ccc(C)c2ccccc12.Cc1ccc(C)cc1.Cc1ccc2cc(C)ccc2c1.Cc1cccc(-c2cccc(C)c2)c1.Cc1cccc(C)c1.Cc1ccccc1C. The highest BCUT2D eigenvalue weighted by atomic mass is 14.0. The van der Waals surface area contributed by atoms with Crippen molar-refractivity contribution in [3.8, 4) is 22.3 Å². The lowest BCUT2D eigenvalue weighted by atomic mass is 10.0. The molecule has 11 rings (SSSR count). The van der Waals surface area contributed by atoms with Crippen LogP contribution in [0, 0.1) is 96.9 Å². The molecule has 0 saturated carbocycles. The molecule has 386 valence electrons. The van der Waals surface area contributed by atoms with E-state index in [9.17, 15) is 0 Å². The van der Waals surface area contributed by atoms with Crippen LogP contribution < -0.4 is 0 Å². The zero-order valence-electron chi connectivity index (χ0n) is 48.1. The summed E-state index contributed by atoms with van der Waals surface area (Å²) in [5.41, 5.74) is 23.8. The van der Waals surface area contributed by atoms with Crippen LogP contribution in [0.1, 0.15) is 77.9 Å². The average molecular weight is 995 g/mol. The molecule has 0 nitrogen and oxygen atoms in total. The topological polar surface area (TPSA) is 0 Å². The number of rotatable bonds is 2. The normalized spacial score (nSPS) is 9.97. The lowest BCUT2D eigenvalue weighted by molar-refractivity contribution is 1.34. The van der Waals surface area contributed by atoms with Crippen molar-refractivity contribution >= 4 is 21.5 Å². The molecular formula is C76H82. The van der Waals surface area contributed by atoms with Gasteiger partial charge >= 0.3 is 0 Å². The Morgan fingerprint density at radius 1 is 0.158 bits per heavy atom. The number of aryl methyl sites for hydroxylation is 14. The van der Waals surface area contributed by atoms with Crippen molar-refractivity contribution in [1.82, 2.24) is 0 Å². The van der Waals surface area contributed by atoms with Gasteiger partial charge in [0, 0.05) is 0 Å². The minimum absolute atomic E-state index is 1.29. The molecule has 0 amide bonds. The summed E-state index contributed by atoms with van der Waals surface area (Å²) in [6, 6.07) is 85.7. The lowest BCUT2D eigenvalue weighted by Gasteiger charge is -2.03. The largest absolute Gasteiger partial charge is 0.0620 e. The van der Waals surface area contributed by atoms with E-state index in [1.807, 2.05) is 0 Å². The lowest BCUT2D eigenvalue weighted by Crippen LogP contribution is -1.80. The van der Waals surface area contributed by atoms with Gasteiger partial charge in [0.2, 0.25) is 0 Å². The van der Waals surface area contributed by atoms with Crippen molar-refractivity contribution in [1.29, 1.82) is 0 Å². The first-order valence-electron chi connectivity index (χ1n) is 26.7. The Balaban J connectivity index is 0.000000166. The summed E-state index contributed by atoms with van der Waals surface area (Å²) in [7, 11) is 0. The summed E-state index contributed by atoms with van der Waals surface area (Å²) < 4.78 is 0. The predicted octanol–water partition coefficient (Wildman–Crippen LogP) is 21.8. The number of hydrogen-bond donors (Lipinski definition) is 0. The van der Waals surface area contributed by atoms with E-state index in [4.69, 9.17) is 0 Å². The Morgan fingerprint density at radius 2 is 0.434 bits per heavy atom. The summed E-state index contributed by atoms with van der Waals surface area (Å²) in [5, 5.41) is 5.41. The van der Waals surface area contributed by atoms with Crippen molar-refractivity contribution in [2.24, 2.45) is 0 Å². The molecule has 76 heavy (non-hydrogen) atoms. The Morgan fingerprint density at radius 3 is 0.737 bits per heavy atom. The van der Waals surface area contributed by atoms with Gasteiger partial charge in [0.05, 0.1) is 0 Å². The van der Waals surface area contributed by atoms with Gasteiger partial charge in [0.15, 0.2) is 0 Å². The minimum Gasteiger partial charge on any atom is -0.0620 e. The maximum Gasteiger partial charge on any atom is -0.0152 e. The Hall–Kier alpha value is -8.06. The van der Waals surface area contributed by atoms with E-state index in [0.29, 0.717) is 0 Å². The smallest absolute Gasteiger partial charge is 0.0152 e. The second kappa shape index (κ2) is 30.3. The highest BCUT2D eigenvalue weighted by molar-refractivity contribution is 5.88. The molecule has 0 atom stereocenters. The number of fused-ring (bicyclic) bond motifs is 2. The third-order valence-corrected chi connectivity index (χ3v) is 13.1. The molecule has 0 unspecified atom stereocenters. The van der Waals surface area contributed by atoms with Gasteiger partial charge in [-0.1, -0.05) is 298 Å². The molecule has 0 aliphatic heterocycles. The average Bonchev–Trinajstić information content (AvgIpc) is 3.41. The first-order chi connectivity index (χ1) is 36.4. The van der Waals surface area contributed by atoms with Crippen molar-refractivity contribution in [3.05, 3.63) is 321 Å². The molecule has 0 aromatic heterocycles. The van der Waals surface area contributed by atoms with Crippen LogP contribution in [0.5, 0.6) is 0 Å². The van der Waals surface area contributed by atoms with E-state index in [2.05, 4.69) is 340 Å². The Bertz CT molecular complexity index is 3250. The molecule has 11 aromatic carbocycles. The van der Waals surface area contributed by atoms with Crippen molar-refractivity contribution in [2.45, 2.75) is 96.9 Å². The molecule has 0 spiro atoms. The van der Waals surface area contributed by atoms with E-state index < -0.39 is 0 Å². The molecular weight excluding hydrogens is 913 g/mol. The molecule has 0 fully saturated rings. The first-order valence-corrected chi connectivity index (χ1v) is 26.7. The number of hydrogen-bond acceptors (Lipinski definition) is 0. The molecule has 0 aliphatic rings. The monoisotopic (exact) mass is 995 g/mol. The highest BCUT2D eigenvalue weighted by Crippen LogP contribution is 2.23. The third-order valence-electron chi connectivity index (χ3n) is 13.1. The summed E-state index contributed by atoms with van der Waals surface area (Å²) in [6.07, 6.45) is 0. The van der Waals surface area contributed by atoms with Crippen molar-refractivity contribution in [3.63, 3.8) is 0 Å². The molecule has 0 heteroatoms. The van der Waals surface area contributed by atoms with Gasteiger partial charge in [-0.25, -0.2) is 0 Å². The fraction of sp³-hybridized carbons (Fsp3) is 0.184. The zero-order chi connectivity index (χ0) is 55.0. The van der Waals surface area contributed by atoms with Gasteiger partial charge in [-0.05, 0) is 163 Å². The molecule has 0 aliphatic carbocycles. The van der Waals surface area contributed by atoms with Crippen LogP contribution in [0.3, 0.4) is 0 Å². The first kappa shape index (κ1) is 58.8. The van der Waals surface area contributed by atoms with Gasteiger partial charge < -0.3 is 0 Å². The van der Waals surface area contributed by atoms with Crippen molar-refractivity contribution in [2.75, 3.05) is 0 Å². The standard InChI is InChI=1S/2C14H14.2C12H12.3C8H10/c1-11-3-7-13(8-4-11)14-9-5-12(2)6-10-14;1-11-5-3-7-13(9-11)14-8-4-6-12(2)10-14;1-9-3-5-12-8-10(2)4-6-11(12)7-9;1-9-7-8-10(2)12-6-4-3-5-11(9)12;1-7-3-5-8(2)6-4-7;1-7-4-3-5-8(2)6-7;1-7-5-3-4-6-8(7)2/h2*3-10H,1-2H3;2*3-8H,1-2H3;3*3-6H,1-2H3. The fourth-order valence-electron chi connectivity index (χ4n) is 8.33. The second-order valence-electron chi connectivity index (χ2n) is 20.5. The second-order valence-corrected chi connectivity index (χ2v) is 20.5. The van der Waals surface area contributed by atoms with E-state index in [1.165, 1.54) is 122 Å². The van der Waals surface area contributed by atoms with Gasteiger partial charge in [-0.2, -0.15) is 0 Å². The molecule has 0 N–H and O–H groups in total.